The fourth-order valence-corrected chi connectivity index (χ4v) is 2.51. The maximum atomic E-state index is 13.7. The molecule has 1 amide bonds. The number of carbonyl (C=O) groups excluding carboxylic acids is 1. The average Bonchev–Trinajstić information content (AvgIpc) is 2.32. The SMILES string of the molecule is Cc1ccc(NC(=O)c2ccc(Br)cc2F)c(Br)c1. The Labute approximate surface area is 127 Å². The Bertz CT molecular complexity index is 643. The second-order valence-corrected chi connectivity index (χ2v) is 5.83. The zero-order valence-corrected chi connectivity index (χ0v) is 13.2. The molecule has 0 unspecified atom stereocenters. The standard InChI is InChI=1S/C14H10Br2FNO/c1-8-2-5-13(11(16)6-8)18-14(19)10-4-3-9(15)7-12(10)17/h2-7H,1H3,(H,18,19). The van der Waals surface area contributed by atoms with Gasteiger partial charge >= 0.3 is 0 Å². The quantitative estimate of drug-likeness (QED) is 0.780. The van der Waals surface area contributed by atoms with Gasteiger partial charge in [-0.2, -0.15) is 0 Å². The number of carbonyl (C=O) groups is 1. The second kappa shape index (κ2) is 5.84. The van der Waals surface area contributed by atoms with Crippen molar-refractivity contribution in [2.75, 3.05) is 5.32 Å². The molecular weight excluding hydrogens is 377 g/mol. The highest BCUT2D eigenvalue weighted by Gasteiger charge is 2.13. The largest absolute Gasteiger partial charge is 0.321 e. The lowest BCUT2D eigenvalue weighted by molar-refractivity contribution is 0.102. The fourth-order valence-electron chi connectivity index (χ4n) is 1.58. The topological polar surface area (TPSA) is 29.1 Å². The Kier molecular flexibility index (Phi) is 4.37. The third kappa shape index (κ3) is 3.42. The highest BCUT2D eigenvalue weighted by molar-refractivity contribution is 9.10. The number of amides is 1. The maximum absolute atomic E-state index is 13.7. The number of nitrogens with one attached hydrogen (secondary N) is 1. The lowest BCUT2D eigenvalue weighted by Gasteiger charge is -2.09. The van der Waals surface area contributed by atoms with Crippen LogP contribution in [0, 0.1) is 12.7 Å². The normalized spacial score (nSPS) is 10.3. The van der Waals surface area contributed by atoms with E-state index >= 15 is 0 Å². The minimum absolute atomic E-state index is 0.00988. The highest BCUT2D eigenvalue weighted by Crippen LogP contribution is 2.24. The zero-order valence-electron chi connectivity index (χ0n) is 10.0. The molecule has 19 heavy (non-hydrogen) atoms. The third-order valence-electron chi connectivity index (χ3n) is 2.55. The molecule has 1 N–H and O–H groups in total. The van der Waals surface area contributed by atoms with Crippen molar-refractivity contribution in [1.29, 1.82) is 0 Å². The van der Waals surface area contributed by atoms with Crippen LogP contribution < -0.4 is 5.32 Å². The van der Waals surface area contributed by atoms with Gasteiger partial charge in [-0.3, -0.25) is 4.79 Å². The summed E-state index contributed by atoms with van der Waals surface area (Å²) in [4.78, 5) is 12.0. The van der Waals surface area contributed by atoms with E-state index in [-0.39, 0.29) is 5.56 Å². The fraction of sp³-hybridized carbons (Fsp3) is 0.0714. The van der Waals surface area contributed by atoms with E-state index in [0.717, 1.165) is 10.0 Å². The van der Waals surface area contributed by atoms with E-state index in [0.29, 0.717) is 10.2 Å². The first kappa shape index (κ1) is 14.2. The number of halogens is 3. The molecule has 0 spiro atoms. The molecule has 0 aromatic heterocycles. The van der Waals surface area contributed by atoms with Crippen LogP contribution in [0.25, 0.3) is 0 Å². The van der Waals surface area contributed by atoms with Gasteiger partial charge in [-0.05, 0) is 58.7 Å². The molecule has 0 bridgehead atoms. The molecule has 0 aliphatic rings. The van der Waals surface area contributed by atoms with E-state index in [1.54, 1.807) is 12.1 Å². The molecule has 5 heteroatoms. The smallest absolute Gasteiger partial charge is 0.258 e. The molecule has 2 rings (SSSR count). The first-order valence-electron chi connectivity index (χ1n) is 5.50. The van der Waals surface area contributed by atoms with Gasteiger partial charge in [-0.15, -0.1) is 0 Å². The molecule has 0 fully saturated rings. The van der Waals surface area contributed by atoms with Crippen LogP contribution in [-0.4, -0.2) is 5.91 Å². The van der Waals surface area contributed by atoms with Crippen molar-refractivity contribution >= 4 is 43.5 Å². The third-order valence-corrected chi connectivity index (χ3v) is 3.70. The molecule has 0 radical (unpaired) electrons. The minimum Gasteiger partial charge on any atom is -0.321 e. The molecule has 2 aromatic rings. The van der Waals surface area contributed by atoms with E-state index in [9.17, 15) is 9.18 Å². The van der Waals surface area contributed by atoms with Gasteiger partial charge < -0.3 is 5.32 Å². The summed E-state index contributed by atoms with van der Waals surface area (Å²) in [6.45, 7) is 1.95. The van der Waals surface area contributed by atoms with Gasteiger partial charge in [0.2, 0.25) is 0 Å². The summed E-state index contributed by atoms with van der Waals surface area (Å²) < 4.78 is 15.0. The van der Waals surface area contributed by atoms with Crippen LogP contribution in [-0.2, 0) is 0 Å². The summed E-state index contributed by atoms with van der Waals surface area (Å²) in [6.07, 6.45) is 0. The lowest BCUT2D eigenvalue weighted by Crippen LogP contribution is -2.14. The number of hydrogen-bond acceptors (Lipinski definition) is 1. The van der Waals surface area contributed by atoms with Crippen molar-refractivity contribution in [1.82, 2.24) is 0 Å². The van der Waals surface area contributed by atoms with Crippen molar-refractivity contribution in [3.63, 3.8) is 0 Å². The zero-order chi connectivity index (χ0) is 14.0. The number of benzene rings is 2. The van der Waals surface area contributed by atoms with Gasteiger partial charge in [-0.1, -0.05) is 22.0 Å². The molecular formula is C14H10Br2FNO. The Morgan fingerprint density at radius 3 is 2.53 bits per heavy atom. The Balaban J connectivity index is 2.25. The van der Waals surface area contributed by atoms with Gasteiger partial charge in [0.05, 0.1) is 11.3 Å². The number of rotatable bonds is 2. The van der Waals surface area contributed by atoms with Crippen LogP contribution in [0.3, 0.4) is 0 Å². The van der Waals surface area contributed by atoms with Crippen LogP contribution in [0.2, 0.25) is 0 Å². The minimum atomic E-state index is -0.560. The summed E-state index contributed by atoms with van der Waals surface area (Å²) >= 11 is 6.51. The predicted molar refractivity (Wildman–Crippen MR) is 80.9 cm³/mol. The molecule has 0 atom stereocenters. The number of aryl methyl sites for hydroxylation is 1. The molecule has 0 heterocycles. The number of anilines is 1. The monoisotopic (exact) mass is 385 g/mol. The summed E-state index contributed by atoms with van der Waals surface area (Å²) in [5, 5.41) is 2.67. The molecule has 0 aliphatic heterocycles. The first-order chi connectivity index (χ1) is 8.97. The average molecular weight is 387 g/mol. The van der Waals surface area contributed by atoms with Gasteiger partial charge in [0, 0.05) is 8.95 Å². The van der Waals surface area contributed by atoms with Crippen molar-refractivity contribution in [3.8, 4) is 0 Å². The van der Waals surface area contributed by atoms with Gasteiger partial charge in [0.25, 0.3) is 5.91 Å². The highest BCUT2D eigenvalue weighted by atomic mass is 79.9. The van der Waals surface area contributed by atoms with E-state index in [1.165, 1.54) is 12.1 Å². The van der Waals surface area contributed by atoms with Crippen LogP contribution in [0.15, 0.2) is 45.3 Å². The van der Waals surface area contributed by atoms with Crippen molar-refractivity contribution in [2.45, 2.75) is 6.92 Å². The van der Waals surface area contributed by atoms with E-state index in [1.807, 2.05) is 19.1 Å². The molecule has 2 nitrogen and oxygen atoms in total. The summed E-state index contributed by atoms with van der Waals surface area (Å²) in [7, 11) is 0. The van der Waals surface area contributed by atoms with E-state index in [4.69, 9.17) is 0 Å². The first-order valence-corrected chi connectivity index (χ1v) is 7.08. The van der Waals surface area contributed by atoms with Crippen LogP contribution in [0.5, 0.6) is 0 Å². The number of hydrogen-bond donors (Lipinski definition) is 1. The molecule has 98 valence electrons. The van der Waals surface area contributed by atoms with Crippen LogP contribution in [0.4, 0.5) is 10.1 Å². The van der Waals surface area contributed by atoms with E-state index < -0.39 is 11.7 Å². The maximum Gasteiger partial charge on any atom is 0.258 e. The van der Waals surface area contributed by atoms with Crippen LogP contribution in [0.1, 0.15) is 15.9 Å². The second-order valence-electron chi connectivity index (χ2n) is 4.06. The van der Waals surface area contributed by atoms with Crippen LogP contribution >= 0.6 is 31.9 Å². The van der Waals surface area contributed by atoms with Gasteiger partial charge in [0.1, 0.15) is 5.82 Å². The Hall–Kier alpha value is -1.20. The van der Waals surface area contributed by atoms with E-state index in [2.05, 4.69) is 37.2 Å². The molecule has 0 saturated carbocycles. The molecule has 2 aromatic carbocycles. The van der Waals surface area contributed by atoms with Crippen molar-refractivity contribution < 1.29 is 9.18 Å². The van der Waals surface area contributed by atoms with Crippen molar-refractivity contribution in [2.24, 2.45) is 0 Å². The van der Waals surface area contributed by atoms with Crippen molar-refractivity contribution in [3.05, 3.63) is 62.3 Å². The van der Waals surface area contributed by atoms with Gasteiger partial charge in [0.15, 0.2) is 0 Å². The lowest BCUT2D eigenvalue weighted by atomic mass is 10.2. The summed E-state index contributed by atoms with van der Waals surface area (Å²) in [5.74, 6) is -1.04. The molecule has 0 saturated heterocycles. The predicted octanol–water partition coefficient (Wildman–Crippen LogP) is 4.91. The summed E-state index contributed by atoms with van der Waals surface area (Å²) in [5.41, 5.74) is 1.69. The summed E-state index contributed by atoms with van der Waals surface area (Å²) in [6, 6.07) is 9.86. The molecule has 0 aliphatic carbocycles. The Morgan fingerprint density at radius 1 is 1.16 bits per heavy atom. The van der Waals surface area contributed by atoms with Gasteiger partial charge in [-0.25, -0.2) is 4.39 Å². The Morgan fingerprint density at radius 2 is 1.89 bits per heavy atom.